The molecule has 0 spiro atoms. The van der Waals surface area contributed by atoms with Gasteiger partial charge in [0.2, 0.25) is 5.91 Å². The molecule has 1 N–H and O–H groups in total. The lowest BCUT2D eigenvalue weighted by Gasteiger charge is -2.07. The van der Waals surface area contributed by atoms with Gasteiger partial charge in [0.15, 0.2) is 11.4 Å². The molecule has 4 aromatic rings. The zero-order valence-corrected chi connectivity index (χ0v) is 14.1. The van der Waals surface area contributed by atoms with Crippen molar-refractivity contribution in [2.24, 2.45) is 0 Å². The SMILES string of the molecule is O=C(Cc1noc2ccccc12)NCCn1nc(-n2cncn2)ccc1=O. The minimum absolute atomic E-state index is 0.0956. The summed E-state index contributed by atoms with van der Waals surface area (Å²) in [6.07, 6.45) is 2.96. The third-order valence-corrected chi connectivity index (χ3v) is 3.93. The van der Waals surface area contributed by atoms with Gasteiger partial charge in [0.25, 0.3) is 5.56 Å². The average molecular weight is 365 g/mol. The van der Waals surface area contributed by atoms with Gasteiger partial charge in [0, 0.05) is 18.0 Å². The third kappa shape index (κ3) is 3.59. The Bertz CT molecular complexity index is 1130. The molecule has 0 radical (unpaired) electrons. The number of rotatable bonds is 6. The van der Waals surface area contributed by atoms with E-state index in [4.69, 9.17) is 4.52 Å². The van der Waals surface area contributed by atoms with Gasteiger partial charge in [0.1, 0.15) is 18.3 Å². The van der Waals surface area contributed by atoms with E-state index in [0.717, 1.165) is 5.39 Å². The fourth-order valence-corrected chi connectivity index (χ4v) is 2.63. The highest BCUT2D eigenvalue weighted by Gasteiger charge is 2.12. The average Bonchev–Trinajstić information content (AvgIpc) is 3.34. The number of hydrogen-bond donors (Lipinski definition) is 1. The summed E-state index contributed by atoms with van der Waals surface area (Å²) in [5.74, 6) is 0.252. The molecule has 136 valence electrons. The first kappa shape index (κ1) is 16.6. The van der Waals surface area contributed by atoms with Gasteiger partial charge in [-0.3, -0.25) is 9.59 Å². The molecule has 0 saturated heterocycles. The quantitative estimate of drug-likeness (QED) is 0.522. The van der Waals surface area contributed by atoms with Crippen molar-refractivity contribution in [1.82, 2.24) is 35.0 Å². The van der Waals surface area contributed by atoms with Crippen LogP contribution in [0.4, 0.5) is 0 Å². The van der Waals surface area contributed by atoms with E-state index in [1.54, 1.807) is 12.1 Å². The van der Waals surface area contributed by atoms with Gasteiger partial charge in [-0.25, -0.2) is 14.3 Å². The van der Waals surface area contributed by atoms with Crippen LogP contribution in [0.5, 0.6) is 0 Å². The fraction of sp³-hybridized carbons (Fsp3) is 0.176. The van der Waals surface area contributed by atoms with Crippen LogP contribution in [0.15, 0.2) is 58.4 Å². The lowest BCUT2D eigenvalue weighted by Crippen LogP contribution is -2.33. The van der Waals surface area contributed by atoms with E-state index in [-0.39, 0.29) is 31.0 Å². The Hall–Kier alpha value is -3.82. The zero-order chi connectivity index (χ0) is 18.6. The van der Waals surface area contributed by atoms with Crippen LogP contribution in [-0.2, 0) is 17.8 Å². The first-order chi connectivity index (χ1) is 13.2. The Morgan fingerprint density at radius 1 is 1.19 bits per heavy atom. The van der Waals surface area contributed by atoms with Crippen molar-refractivity contribution >= 4 is 16.9 Å². The fourth-order valence-electron chi connectivity index (χ4n) is 2.63. The second-order valence-corrected chi connectivity index (χ2v) is 5.75. The smallest absolute Gasteiger partial charge is 0.266 e. The highest BCUT2D eigenvalue weighted by Crippen LogP contribution is 2.17. The molecule has 0 fully saturated rings. The van der Waals surface area contributed by atoms with E-state index < -0.39 is 0 Å². The number of fused-ring (bicyclic) bond motifs is 1. The van der Waals surface area contributed by atoms with Gasteiger partial charge in [-0.1, -0.05) is 17.3 Å². The summed E-state index contributed by atoms with van der Waals surface area (Å²) in [5, 5.41) is 15.7. The summed E-state index contributed by atoms with van der Waals surface area (Å²) in [6.45, 7) is 0.481. The molecule has 0 saturated carbocycles. The van der Waals surface area contributed by atoms with Crippen molar-refractivity contribution in [3.63, 3.8) is 0 Å². The van der Waals surface area contributed by atoms with Crippen LogP contribution in [0.1, 0.15) is 5.69 Å². The van der Waals surface area contributed by atoms with Crippen LogP contribution < -0.4 is 10.9 Å². The molecule has 1 amide bonds. The van der Waals surface area contributed by atoms with Gasteiger partial charge in [-0.15, -0.1) is 5.10 Å². The van der Waals surface area contributed by atoms with Gasteiger partial charge in [-0.2, -0.15) is 5.10 Å². The number of nitrogens with one attached hydrogen (secondary N) is 1. The molecule has 10 nitrogen and oxygen atoms in total. The molecule has 0 aliphatic heterocycles. The molecule has 0 aliphatic rings. The zero-order valence-electron chi connectivity index (χ0n) is 14.1. The van der Waals surface area contributed by atoms with Crippen molar-refractivity contribution in [3.8, 4) is 5.82 Å². The Balaban J connectivity index is 1.37. The molecule has 10 heteroatoms. The molecular formula is C17H15N7O3. The highest BCUT2D eigenvalue weighted by molar-refractivity contribution is 5.86. The second kappa shape index (κ2) is 7.20. The number of aromatic nitrogens is 6. The summed E-state index contributed by atoms with van der Waals surface area (Å²) >= 11 is 0. The number of carbonyl (C=O) groups is 1. The van der Waals surface area contributed by atoms with Crippen molar-refractivity contribution in [3.05, 3.63) is 65.1 Å². The van der Waals surface area contributed by atoms with Gasteiger partial charge < -0.3 is 9.84 Å². The number of carbonyl (C=O) groups excluding carboxylic acids is 1. The lowest BCUT2D eigenvalue weighted by molar-refractivity contribution is -0.120. The van der Waals surface area contributed by atoms with Crippen LogP contribution in [0.25, 0.3) is 16.8 Å². The molecule has 27 heavy (non-hydrogen) atoms. The number of para-hydroxylation sites is 1. The topological polar surface area (TPSA) is 121 Å². The van der Waals surface area contributed by atoms with Crippen LogP contribution in [0.3, 0.4) is 0 Å². The molecule has 0 bridgehead atoms. The predicted molar refractivity (Wildman–Crippen MR) is 94.1 cm³/mol. The van der Waals surface area contributed by atoms with Crippen molar-refractivity contribution < 1.29 is 9.32 Å². The normalized spacial score (nSPS) is 11.0. The maximum atomic E-state index is 12.2. The maximum Gasteiger partial charge on any atom is 0.266 e. The summed E-state index contributed by atoms with van der Waals surface area (Å²) in [6, 6.07) is 10.3. The highest BCUT2D eigenvalue weighted by atomic mass is 16.5. The maximum absolute atomic E-state index is 12.2. The first-order valence-electron chi connectivity index (χ1n) is 8.24. The number of benzene rings is 1. The standard InChI is InChI=1S/C17H15N7O3/c25-16(9-13-12-3-1-2-4-14(12)27-22-13)19-7-8-23-17(26)6-5-15(21-23)24-11-18-10-20-24/h1-6,10-11H,7-9H2,(H,19,25). The second-order valence-electron chi connectivity index (χ2n) is 5.75. The Morgan fingerprint density at radius 2 is 2.07 bits per heavy atom. The number of amides is 1. The summed E-state index contributed by atoms with van der Waals surface area (Å²) in [7, 11) is 0. The van der Waals surface area contributed by atoms with Gasteiger partial charge in [-0.05, 0) is 18.2 Å². The van der Waals surface area contributed by atoms with E-state index in [9.17, 15) is 9.59 Å². The molecule has 3 heterocycles. The minimum Gasteiger partial charge on any atom is -0.356 e. The van der Waals surface area contributed by atoms with Crippen molar-refractivity contribution in [1.29, 1.82) is 0 Å². The summed E-state index contributed by atoms with van der Waals surface area (Å²) in [4.78, 5) is 27.9. The van der Waals surface area contributed by atoms with E-state index in [1.165, 1.54) is 28.1 Å². The van der Waals surface area contributed by atoms with Crippen molar-refractivity contribution in [2.75, 3.05) is 6.54 Å². The number of nitrogens with zero attached hydrogens (tertiary/aromatic N) is 6. The molecule has 0 unspecified atom stereocenters. The third-order valence-electron chi connectivity index (χ3n) is 3.93. The van der Waals surface area contributed by atoms with E-state index >= 15 is 0 Å². The number of hydrogen-bond acceptors (Lipinski definition) is 7. The van der Waals surface area contributed by atoms with Gasteiger partial charge >= 0.3 is 0 Å². The van der Waals surface area contributed by atoms with Crippen molar-refractivity contribution in [2.45, 2.75) is 13.0 Å². The van der Waals surface area contributed by atoms with Gasteiger partial charge in [0.05, 0.1) is 13.0 Å². The van der Waals surface area contributed by atoms with Crippen LogP contribution >= 0.6 is 0 Å². The molecular weight excluding hydrogens is 350 g/mol. The predicted octanol–water partition coefficient (Wildman–Crippen LogP) is 0.324. The van der Waals surface area contributed by atoms with Crippen LogP contribution in [0, 0.1) is 0 Å². The van der Waals surface area contributed by atoms with E-state index in [1.807, 2.05) is 18.2 Å². The molecule has 0 atom stereocenters. The molecule has 0 aliphatic carbocycles. The molecule has 3 aromatic heterocycles. The largest absolute Gasteiger partial charge is 0.356 e. The summed E-state index contributed by atoms with van der Waals surface area (Å²) in [5.41, 5.74) is 0.947. The summed E-state index contributed by atoms with van der Waals surface area (Å²) < 4.78 is 7.90. The lowest BCUT2D eigenvalue weighted by atomic mass is 10.1. The Morgan fingerprint density at radius 3 is 2.93 bits per heavy atom. The van der Waals surface area contributed by atoms with E-state index in [0.29, 0.717) is 17.1 Å². The monoisotopic (exact) mass is 365 g/mol. The minimum atomic E-state index is -0.268. The van der Waals surface area contributed by atoms with Crippen LogP contribution in [0.2, 0.25) is 0 Å². The molecule has 1 aromatic carbocycles. The first-order valence-corrected chi connectivity index (χ1v) is 8.24. The van der Waals surface area contributed by atoms with Crippen LogP contribution in [-0.4, -0.2) is 42.2 Å². The Labute approximate surface area is 152 Å². The molecule has 4 rings (SSSR count). The Kier molecular flexibility index (Phi) is 4.44. The van der Waals surface area contributed by atoms with E-state index in [2.05, 4.69) is 25.7 Å².